The molecule has 2 N–H and O–H groups in total. The first-order valence-corrected chi connectivity index (χ1v) is 10.5. The van der Waals surface area contributed by atoms with E-state index < -0.39 is 10.0 Å². The first-order chi connectivity index (χ1) is 13.3. The summed E-state index contributed by atoms with van der Waals surface area (Å²) in [6.07, 6.45) is 1.73. The summed E-state index contributed by atoms with van der Waals surface area (Å²) in [4.78, 5) is 25.9. The van der Waals surface area contributed by atoms with Gasteiger partial charge in [0.25, 0.3) is 11.8 Å². The molecule has 2 amide bonds. The molecule has 1 fully saturated rings. The molecule has 0 unspecified atom stereocenters. The van der Waals surface area contributed by atoms with Crippen molar-refractivity contribution in [3.63, 3.8) is 0 Å². The number of benzene rings is 2. The second-order valence-corrected chi connectivity index (χ2v) is 8.57. The van der Waals surface area contributed by atoms with Crippen LogP contribution in [0.25, 0.3) is 0 Å². The highest BCUT2D eigenvalue weighted by Gasteiger charge is 2.28. The van der Waals surface area contributed by atoms with E-state index in [9.17, 15) is 18.0 Å². The van der Waals surface area contributed by atoms with Crippen LogP contribution in [0.3, 0.4) is 0 Å². The predicted molar refractivity (Wildman–Crippen MR) is 105 cm³/mol. The molecule has 0 aliphatic heterocycles. The quantitative estimate of drug-likeness (QED) is 0.739. The molecular formula is C20H23N3O4S. The van der Waals surface area contributed by atoms with Crippen molar-refractivity contribution in [3.05, 3.63) is 65.2 Å². The van der Waals surface area contributed by atoms with Crippen LogP contribution in [0.15, 0.2) is 53.4 Å². The maximum absolute atomic E-state index is 12.6. The fourth-order valence-electron chi connectivity index (χ4n) is 2.74. The average Bonchev–Trinajstić information content (AvgIpc) is 3.50. The van der Waals surface area contributed by atoms with Gasteiger partial charge < -0.3 is 10.2 Å². The van der Waals surface area contributed by atoms with Crippen LogP contribution in [0.1, 0.15) is 39.1 Å². The zero-order valence-corrected chi connectivity index (χ0v) is 16.6. The number of amides is 2. The van der Waals surface area contributed by atoms with Gasteiger partial charge in [-0.1, -0.05) is 12.1 Å². The van der Waals surface area contributed by atoms with E-state index in [-0.39, 0.29) is 22.8 Å². The first kappa shape index (κ1) is 20.0. The lowest BCUT2D eigenvalue weighted by Crippen LogP contribution is -2.27. The number of carbonyl (C=O) groups is 2. The summed E-state index contributed by atoms with van der Waals surface area (Å²) in [6.45, 7) is 0.371. The fraction of sp³-hybridized carbons (Fsp3) is 0.300. The van der Waals surface area contributed by atoms with Crippen LogP contribution < -0.4 is 10.0 Å². The molecule has 8 heteroatoms. The SMILES string of the molecule is CNC(=O)c1ccc(CN(C)C(=O)c2ccc(S(=O)(=O)NC3CC3)cc2)cc1. The van der Waals surface area contributed by atoms with Crippen LogP contribution in [-0.4, -0.2) is 45.3 Å². The van der Waals surface area contributed by atoms with Gasteiger partial charge >= 0.3 is 0 Å². The summed E-state index contributed by atoms with van der Waals surface area (Å²) < 4.78 is 27.0. The van der Waals surface area contributed by atoms with Gasteiger partial charge in [0.2, 0.25) is 10.0 Å². The van der Waals surface area contributed by atoms with Gasteiger partial charge in [0, 0.05) is 37.8 Å². The minimum Gasteiger partial charge on any atom is -0.355 e. The molecule has 0 bridgehead atoms. The number of hydrogen-bond donors (Lipinski definition) is 2. The molecule has 2 aromatic rings. The highest BCUT2D eigenvalue weighted by atomic mass is 32.2. The Morgan fingerprint density at radius 3 is 2.11 bits per heavy atom. The number of rotatable bonds is 7. The van der Waals surface area contributed by atoms with Crippen LogP contribution in [0.4, 0.5) is 0 Å². The number of nitrogens with zero attached hydrogens (tertiary/aromatic N) is 1. The van der Waals surface area contributed by atoms with E-state index in [0.29, 0.717) is 17.7 Å². The lowest BCUT2D eigenvalue weighted by Gasteiger charge is -2.18. The summed E-state index contributed by atoms with van der Waals surface area (Å²) in [6, 6.07) is 13.0. The molecule has 2 aromatic carbocycles. The molecule has 28 heavy (non-hydrogen) atoms. The minimum atomic E-state index is -3.53. The second-order valence-electron chi connectivity index (χ2n) is 6.86. The third kappa shape index (κ3) is 4.76. The summed E-state index contributed by atoms with van der Waals surface area (Å²) in [7, 11) is -0.284. The number of sulfonamides is 1. The Morgan fingerprint density at radius 1 is 1.00 bits per heavy atom. The minimum absolute atomic E-state index is 0.0345. The van der Waals surface area contributed by atoms with Crippen LogP contribution >= 0.6 is 0 Å². The van der Waals surface area contributed by atoms with Gasteiger partial charge in [-0.3, -0.25) is 9.59 Å². The van der Waals surface area contributed by atoms with E-state index in [1.165, 1.54) is 24.3 Å². The molecule has 0 atom stereocenters. The van der Waals surface area contributed by atoms with Gasteiger partial charge in [0.1, 0.15) is 0 Å². The van der Waals surface area contributed by atoms with Gasteiger partial charge in [0.15, 0.2) is 0 Å². The van der Waals surface area contributed by atoms with Gasteiger partial charge in [-0.2, -0.15) is 0 Å². The van der Waals surface area contributed by atoms with Crippen LogP contribution in [0.2, 0.25) is 0 Å². The summed E-state index contributed by atoms with van der Waals surface area (Å²) in [5.41, 5.74) is 1.85. The van der Waals surface area contributed by atoms with Crippen molar-refractivity contribution in [1.82, 2.24) is 14.9 Å². The van der Waals surface area contributed by atoms with E-state index in [2.05, 4.69) is 10.0 Å². The summed E-state index contributed by atoms with van der Waals surface area (Å²) >= 11 is 0. The fourth-order valence-corrected chi connectivity index (χ4v) is 4.04. The molecule has 3 rings (SSSR count). The van der Waals surface area contributed by atoms with Crippen molar-refractivity contribution in [2.24, 2.45) is 0 Å². The van der Waals surface area contributed by atoms with E-state index in [1.54, 1.807) is 43.3 Å². The molecule has 0 spiro atoms. The topological polar surface area (TPSA) is 95.6 Å². The van der Waals surface area contributed by atoms with Gasteiger partial charge in [-0.05, 0) is 54.8 Å². The maximum Gasteiger partial charge on any atom is 0.253 e. The van der Waals surface area contributed by atoms with Crippen LogP contribution in [0.5, 0.6) is 0 Å². The Morgan fingerprint density at radius 2 is 1.57 bits per heavy atom. The van der Waals surface area contributed by atoms with E-state index in [4.69, 9.17) is 0 Å². The lowest BCUT2D eigenvalue weighted by molar-refractivity contribution is 0.0784. The Hall–Kier alpha value is -2.71. The van der Waals surface area contributed by atoms with E-state index in [1.807, 2.05) is 0 Å². The third-order valence-electron chi connectivity index (χ3n) is 4.52. The molecule has 1 saturated carbocycles. The highest BCUT2D eigenvalue weighted by molar-refractivity contribution is 7.89. The molecular weight excluding hydrogens is 378 g/mol. The predicted octanol–water partition coefficient (Wildman–Crippen LogP) is 1.76. The van der Waals surface area contributed by atoms with Crippen molar-refractivity contribution < 1.29 is 18.0 Å². The molecule has 0 radical (unpaired) electrons. The molecule has 0 saturated heterocycles. The Kier molecular flexibility index (Phi) is 5.81. The van der Waals surface area contributed by atoms with Crippen molar-refractivity contribution in [2.75, 3.05) is 14.1 Å². The second kappa shape index (κ2) is 8.12. The average molecular weight is 401 g/mol. The summed E-state index contributed by atoms with van der Waals surface area (Å²) in [5, 5.41) is 2.56. The molecule has 1 aliphatic carbocycles. The van der Waals surface area contributed by atoms with Crippen molar-refractivity contribution >= 4 is 21.8 Å². The molecule has 148 valence electrons. The zero-order chi connectivity index (χ0) is 20.3. The van der Waals surface area contributed by atoms with E-state index >= 15 is 0 Å². The monoisotopic (exact) mass is 401 g/mol. The smallest absolute Gasteiger partial charge is 0.253 e. The standard InChI is InChI=1S/C20H23N3O4S/c1-21-19(24)15-5-3-14(4-6-15)13-23(2)20(25)16-7-11-18(12-8-16)28(26,27)22-17-9-10-17/h3-8,11-12,17,22H,9-10,13H2,1-2H3,(H,21,24). The number of carbonyl (C=O) groups excluding carboxylic acids is 2. The molecule has 0 heterocycles. The molecule has 0 aromatic heterocycles. The van der Waals surface area contributed by atoms with Crippen molar-refractivity contribution in [2.45, 2.75) is 30.3 Å². The maximum atomic E-state index is 12.6. The molecule has 1 aliphatic rings. The van der Waals surface area contributed by atoms with Crippen molar-refractivity contribution in [3.8, 4) is 0 Å². The normalized spacial score (nSPS) is 13.8. The molecule has 7 nitrogen and oxygen atoms in total. The van der Waals surface area contributed by atoms with Crippen LogP contribution in [-0.2, 0) is 16.6 Å². The van der Waals surface area contributed by atoms with Gasteiger partial charge in [-0.15, -0.1) is 0 Å². The largest absolute Gasteiger partial charge is 0.355 e. The number of hydrogen-bond acceptors (Lipinski definition) is 4. The first-order valence-electron chi connectivity index (χ1n) is 8.99. The van der Waals surface area contributed by atoms with Gasteiger partial charge in [0.05, 0.1) is 4.90 Å². The zero-order valence-electron chi connectivity index (χ0n) is 15.8. The van der Waals surface area contributed by atoms with Gasteiger partial charge in [-0.25, -0.2) is 13.1 Å². The Labute approximate surface area is 164 Å². The summed E-state index contributed by atoms with van der Waals surface area (Å²) in [5.74, 6) is -0.378. The van der Waals surface area contributed by atoms with E-state index in [0.717, 1.165) is 18.4 Å². The van der Waals surface area contributed by atoms with Crippen LogP contribution in [0, 0.1) is 0 Å². The number of nitrogens with one attached hydrogen (secondary N) is 2. The Balaban J connectivity index is 1.65. The highest BCUT2D eigenvalue weighted by Crippen LogP contribution is 2.22. The third-order valence-corrected chi connectivity index (χ3v) is 6.06. The van der Waals surface area contributed by atoms with Crippen molar-refractivity contribution in [1.29, 1.82) is 0 Å². The Bertz CT molecular complexity index is 966. The lowest BCUT2D eigenvalue weighted by atomic mass is 10.1.